The Hall–Kier alpha value is -0.730. The molecule has 3 fully saturated rings. The molecule has 3 rings (SSSR count). The van der Waals surface area contributed by atoms with Gasteiger partial charge in [0.15, 0.2) is 0 Å². The van der Waals surface area contributed by atoms with Crippen LogP contribution < -0.4 is 10.6 Å². The molecule has 2 amide bonds. The van der Waals surface area contributed by atoms with Crippen molar-refractivity contribution in [3.8, 4) is 0 Å². The first-order chi connectivity index (χ1) is 14.0. The Labute approximate surface area is 181 Å². The number of carbonyl (C=O) groups is 1. The van der Waals surface area contributed by atoms with Crippen molar-refractivity contribution >= 4 is 6.03 Å². The minimum Gasteiger partial charge on any atom is -0.338 e. The highest BCUT2D eigenvalue weighted by molar-refractivity contribution is 5.75. The Balaban J connectivity index is 1.29. The summed E-state index contributed by atoms with van der Waals surface area (Å²) in [5.74, 6) is 0.780. The molecule has 0 spiro atoms. The maximum absolute atomic E-state index is 12.1. The predicted octanol–water partition coefficient (Wildman–Crippen LogP) is 7.74. The summed E-state index contributed by atoms with van der Waals surface area (Å²) in [4.78, 5) is 12.1. The molecule has 0 aliphatic heterocycles. The largest absolute Gasteiger partial charge is 0.338 e. The van der Waals surface area contributed by atoms with Crippen LogP contribution in [0, 0.1) is 11.3 Å². The van der Waals surface area contributed by atoms with Crippen molar-refractivity contribution in [2.24, 2.45) is 11.3 Å². The standard InChI is InChI=1S/C26H50N2O/c1-4-5-6-7-8-9-10-11-12-13-14-15-16-17-18-27-24(29)28-26-20-25(21-26,22-26)19-23(2)3/h23H,4-22H2,1-3H3,(H2,27,28,29). The smallest absolute Gasteiger partial charge is 0.315 e. The lowest BCUT2D eigenvalue weighted by molar-refractivity contribution is -0.157. The minimum absolute atomic E-state index is 0.0672. The van der Waals surface area contributed by atoms with E-state index in [0.717, 1.165) is 18.9 Å². The molecule has 2 bridgehead atoms. The van der Waals surface area contributed by atoms with E-state index in [-0.39, 0.29) is 11.6 Å². The highest BCUT2D eigenvalue weighted by Crippen LogP contribution is 2.69. The second-order valence-corrected chi connectivity index (χ2v) is 10.9. The first kappa shape index (κ1) is 24.5. The third-order valence-electron chi connectivity index (χ3n) is 7.18. The molecule has 0 aromatic heterocycles. The Morgan fingerprint density at radius 3 is 1.66 bits per heavy atom. The van der Waals surface area contributed by atoms with Gasteiger partial charge in [-0.15, -0.1) is 0 Å². The molecule has 29 heavy (non-hydrogen) atoms. The van der Waals surface area contributed by atoms with Crippen molar-refractivity contribution in [2.45, 2.75) is 142 Å². The van der Waals surface area contributed by atoms with Gasteiger partial charge < -0.3 is 10.6 Å². The summed E-state index contributed by atoms with van der Waals surface area (Å²) in [5.41, 5.74) is 0.741. The van der Waals surface area contributed by atoms with Crippen molar-refractivity contribution in [1.29, 1.82) is 0 Å². The van der Waals surface area contributed by atoms with E-state index in [9.17, 15) is 4.79 Å². The Morgan fingerprint density at radius 2 is 1.21 bits per heavy atom. The van der Waals surface area contributed by atoms with Crippen LogP contribution in [0.25, 0.3) is 0 Å². The van der Waals surface area contributed by atoms with E-state index in [1.54, 1.807) is 0 Å². The summed E-state index contributed by atoms with van der Waals surface area (Å²) in [6.07, 6.45) is 24.2. The van der Waals surface area contributed by atoms with Crippen LogP contribution in [0.4, 0.5) is 4.79 Å². The van der Waals surface area contributed by atoms with Crippen molar-refractivity contribution < 1.29 is 4.79 Å². The van der Waals surface area contributed by atoms with Gasteiger partial charge in [0.2, 0.25) is 0 Å². The van der Waals surface area contributed by atoms with Crippen LogP contribution in [0.5, 0.6) is 0 Å². The molecular formula is C26H50N2O. The Morgan fingerprint density at radius 1 is 0.759 bits per heavy atom. The molecule has 3 heteroatoms. The van der Waals surface area contributed by atoms with E-state index >= 15 is 0 Å². The number of urea groups is 1. The quantitative estimate of drug-likeness (QED) is 0.225. The fourth-order valence-corrected chi connectivity index (χ4v) is 6.02. The van der Waals surface area contributed by atoms with Gasteiger partial charge in [-0.05, 0) is 43.4 Å². The lowest BCUT2D eigenvalue weighted by atomic mass is 9.38. The maximum atomic E-state index is 12.1. The predicted molar refractivity (Wildman–Crippen MR) is 125 cm³/mol. The van der Waals surface area contributed by atoms with Crippen molar-refractivity contribution in [1.82, 2.24) is 10.6 Å². The van der Waals surface area contributed by atoms with Crippen LogP contribution in [-0.2, 0) is 0 Å². The van der Waals surface area contributed by atoms with E-state index in [4.69, 9.17) is 0 Å². The van der Waals surface area contributed by atoms with Gasteiger partial charge in [-0.3, -0.25) is 0 Å². The highest BCUT2D eigenvalue weighted by Gasteiger charge is 2.67. The lowest BCUT2D eigenvalue weighted by Crippen LogP contribution is -2.75. The van der Waals surface area contributed by atoms with E-state index in [2.05, 4.69) is 31.4 Å². The van der Waals surface area contributed by atoms with Gasteiger partial charge in [-0.25, -0.2) is 4.79 Å². The van der Waals surface area contributed by atoms with Gasteiger partial charge in [-0.1, -0.05) is 104 Å². The fourth-order valence-electron chi connectivity index (χ4n) is 6.02. The molecule has 3 aliphatic carbocycles. The number of carbonyl (C=O) groups excluding carboxylic acids is 1. The molecule has 3 aliphatic rings. The molecule has 0 aromatic rings. The zero-order valence-electron chi connectivity index (χ0n) is 19.9. The number of unbranched alkanes of at least 4 members (excludes halogenated alkanes) is 13. The van der Waals surface area contributed by atoms with Gasteiger partial charge in [0.25, 0.3) is 0 Å². The summed E-state index contributed by atoms with van der Waals surface area (Å²) in [6, 6.07) is 0.0672. The van der Waals surface area contributed by atoms with Crippen LogP contribution in [-0.4, -0.2) is 18.1 Å². The molecule has 0 radical (unpaired) electrons. The van der Waals surface area contributed by atoms with E-state index in [1.807, 2.05) is 0 Å². The summed E-state index contributed by atoms with van der Waals surface area (Å²) in [7, 11) is 0. The molecule has 170 valence electrons. The number of nitrogens with one attached hydrogen (secondary N) is 2. The summed E-state index contributed by atoms with van der Waals surface area (Å²) < 4.78 is 0. The normalized spacial score (nSPS) is 24.8. The van der Waals surface area contributed by atoms with Gasteiger partial charge in [0.05, 0.1) is 0 Å². The first-order valence-corrected chi connectivity index (χ1v) is 13.1. The minimum atomic E-state index is 0.0672. The van der Waals surface area contributed by atoms with Crippen LogP contribution in [0.1, 0.15) is 136 Å². The fraction of sp³-hybridized carbons (Fsp3) is 0.962. The lowest BCUT2D eigenvalue weighted by Gasteiger charge is -2.71. The zero-order valence-corrected chi connectivity index (χ0v) is 19.9. The molecule has 0 heterocycles. The molecule has 0 unspecified atom stereocenters. The summed E-state index contributed by atoms with van der Waals surface area (Å²) in [5, 5.41) is 6.33. The highest BCUT2D eigenvalue weighted by atomic mass is 16.2. The number of hydrogen-bond acceptors (Lipinski definition) is 1. The van der Waals surface area contributed by atoms with Crippen molar-refractivity contribution in [2.75, 3.05) is 6.54 Å². The third kappa shape index (κ3) is 8.89. The average Bonchev–Trinajstić information content (AvgIpc) is 2.61. The summed E-state index contributed by atoms with van der Waals surface area (Å²) >= 11 is 0. The molecule has 0 aromatic carbocycles. The second kappa shape index (κ2) is 12.8. The monoisotopic (exact) mass is 406 g/mol. The molecule has 3 saturated carbocycles. The maximum Gasteiger partial charge on any atom is 0.315 e. The average molecular weight is 407 g/mol. The first-order valence-electron chi connectivity index (χ1n) is 13.1. The van der Waals surface area contributed by atoms with Crippen LogP contribution in [0.15, 0.2) is 0 Å². The molecule has 0 atom stereocenters. The van der Waals surface area contributed by atoms with E-state index < -0.39 is 0 Å². The SMILES string of the molecule is CCCCCCCCCCCCCCCCNC(=O)NC12CC(CC(C)C)(C1)C2. The van der Waals surface area contributed by atoms with Crippen LogP contribution in [0.2, 0.25) is 0 Å². The van der Waals surface area contributed by atoms with Crippen LogP contribution >= 0.6 is 0 Å². The Kier molecular flexibility index (Phi) is 10.9. The van der Waals surface area contributed by atoms with E-state index in [1.165, 1.54) is 109 Å². The van der Waals surface area contributed by atoms with Gasteiger partial charge in [-0.2, -0.15) is 0 Å². The van der Waals surface area contributed by atoms with Gasteiger partial charge in [0, 0.05) is 12.1 Å². The number of hydrogen-bond donors (Lipinski definition) is 2. The Bertz CT molecular complexity index is 440. The number of rotatable bonds is 18. The third-order valence-corrected chi connectivity index (χ3v) is 7.18. The van der Waals surface area contributed by atoms with Gasteiger partial charge >= 0.3 is 6.03 Å². The molecular weight excluding hydrogens is 356 g/mol. The van der Waals surface area contributed by atoms with Gasteiger partial charge in [0.1, 0.15) is 0 Å². The summed E-state index contributed by atoms with van der Waals surface area (Å²) in [6.45, 7) is 7.73. The number of amides is 2. The molecule has 3 nitrogen and oxygen atoms in total. The van der Waals surface area contributed by atoms with Crippen LogP contribution in [0.3, 0.4) is 0 Å². The zero-order chi connectivity index (χ0) is 21.0. The topological polar surface area (TPSA) is 41.1 Å². The molecule has 2 N–H and O–H groups in total. The van der Waals surface area contributed by atoms with Crippen molar-refractivity contribution in [3.05, 3.63) is 0 Å². The van der Waals surface area contributed by atoms with Crippen molar-refractivity contribution in [3.63, 3.8) is 0 Å². The molecule has 0 saturated heterocycles. The van der Waals surface area contributed by atoms with E-state index in [0.29, 0.717) is 5.41 Å². The second-order valence-electron chi connectivity index (χ2n) is 10.9.